The van der Waals surface area contributed by atoms with Gasteiger partial charge in [0.05, 0.1) is 5.56 Å². The summed E-state index contributed by atoms with van der Waals surface area (Å²) in [5.74, 6) is -0.115. The first kappa shape index (κ1) is 16.3. The monoisotopic (exact) mass is 305 g/mol. The number of carbonyl (C=O) groups excluding carboxylic acids is 2. The minimum Gasteiger partial charge on any atom is -0.507 e. The third-order valence-corrected chi connectivity index (χ3v) is 3.87. The van der Waals surface area contributed by atoms with Crippen LogP contribution >= 0.6 is 0 Å². The molecule has 1 atom stereocenters. The van der Waals surface area contributed by atoms with Crippen molar-refractivity contribution >= 4 is 11.8 Å². The Balaban J connectivity index is 1.88. The standard InChI is InChI=1S/C16H23N3O3/c1-12(17)6-7-15(21)18-8-10-19(11-9-18)16(22)13-4-2-3-5-14(13)20/h2-5,12,20H,6-11,17H2,1H3. The Kier molecular flexibility index (Phi) is 5.38. The van der Waals surface area contributed by atoms with Crippen LogP contribution in [-0.2, 0) is 4.79 Å². The van der Waals surface area contributed by atoms with Gasteiger partial charge in [0.25, 0.3) is 5.91 Å². The molecular formula is C16H23N3O3. The highest BCUT2D eigenvalue weighted by atomic mass is 16.3. The molecule has 2 rings (SSSR count). The molecule has 0 aromatic heterocycles. The van der Waals surface area contributed by atoms with Crippen LogP contribution in [-0.4, -0.2) is 58.9 Å². The number of carbonyl (C=O) groups is 2. The first-order valence-corrected chi connectivity index (χ1v) is 7.59. The molecule has 1 aliphatic rings. The average molecular weight is 305 g/mol. The molecule has 0 aliphatic carbocycles. The summed E-state index contributed by atoms with van der Waals surface area (Å²) < 4.78 is 0. The molecule has 1 unspecified atom stereocenters. The topological polar surface area (TPSA) is 86.9 Å². The maximum atomic E-state index is 12.4. The van der Waals surface area contributed by atoms with Crippen LogP contribution in [0.3, 0.4) is 0 Å². The Bertz CT molecular complexity index is 537. The number of nitrogens with two attached hydrogens (primary N) is 1. The van der Waals surface area contributed by atoms with Gasteiger partial charge >= 0.3 is 0 Å². The van der Waals surface area contributed by atoms with Crippen LogP contribution in [0.25, 0.3) is 0 Å². The second-order valence-electron chi connectivity index (χ2n) is 5.71. The largest absolute Gasteiger partial charge is 0.507 e. The van der Waals surface area contributed by atoms with E-state index in [9.17, 15) is 14.7 Å². The lowest BCUT2D eigenvalue weighted by Gasteiger charge is -2.35. The molecule has 0 spiro atoms. The van der Waals surface area contributed by atoms with Crippen molar-refractivity contribution in [3.8, 4) is 5.75 Å². The fraction of sp³-hybridized carbons (Fsp3) is 0.500. The molecule has 6 nitrogen and oxygen atoms in total. The van der Waals surface area contributed by atoms with Gasteiger partial charge in [0.2, 0.25) is 5.91 Å². The van der Waals surface area contributed by atoms with Crippen molar-refractivity contribution in [2.75, 3.05) is 26.2 Å². The van der Waals surface area contributed by atoms with Crippen molar-refractivity contribution in [3.63, 3.8) is 0 Å². The molecule has 1 aromatic rings. The van der Waals surface area contributed by atoms with Crippen LogP contribution < -0.4 is 5.73 Å². The van der Waals surface area contributed by atoms with E-state index in [0.717, 1.165) is 0 Å². The zero-order valence-electron chi connectivity index (χ0n) is 12.9. The second-order valence-corrected chi connectivity index (χ2v) is 5.71. The lowest BCUT2D eigenvalue weighted by molar-refractivity contribution is -0.132. The van der Waals surface area contributed by atoms with Gasteiger partial charge in [-0.05, 0) is 25.5 Å². The first-order chi connectivity index (χ1) is 10.5. The van der Waals surface area contributed by atoms with E-state index in [1.54, 1.807) is 28.0 Å². The Morgan fingerprint density at radius 3 is 2.36 bits per heavy atom. The quantitative estimate of drug-likeness (QED) is 0.861. The van der Waals surface area contributed by atoms with E-state index in [2.05, 4.69) is 0 Å². The number of piperazine rings is 1. The number of phenolic OH excluding ortho intramolecular Hbond substituents is 1. The van der Waals surface area contributed by atoms with Crippen LogP contribution in [0.1, 0.15) is 30.1 Å². The smallest absolute Gasteiger partial charge is 0.257 e. The summed E-state index contributed by atoms with van der Waals surface area (Å²) in [7, 11) is 0. The Hall–Kier alpha value is -2.08. The van der Waals surface area contributed by atoms with Gasteiger partial charge in [0.1, 0.15) is 5.75 Å². The minimum absolute atomic E-state index is 0.0112. The van der Waals surface area contributed by atoms with Crippen molar-refractivity contribution in [1.82, 2.24) is 9.80 Å². The number of hydrogen-bond donors (Lipinski definition) is 2. The first-order valence-electron chi connectivity index (χ1n) is 7.59. The van der Waals surface area contributed by atoms with E-state index in [0.29, 0.717) is 44.6 Å². The number of para-hydroxylation sites is 1. The average Bonchev–Trinajstić information content (AvgIpc) is 2.52. The maximum Gasteiger partial charge on any atom is 0.257 e. The minimum atomic E-state index is -0.194. The number of nitrogens with zero attached hydrogens (tertiary/aromatic N) is 2. The summed E-state index contributed by atoms with van der Waals surface area (Å²) in [4.78, 5) is 27.8. The number of benzene rings is 1. The molecule has 3 N–H and O–H groups in total. The Morgan fingerprint density at radius 1 is 1.18 bits per heavy atom. The van der Waals surface area contributed by atoms with Gasteiger partial charge in [-0.3, -0.25) is 9.59 Å². The Morgan fingerprint density at radius 2 is 1.77 bits per heavy atom. The van der Waals surface area contributed by atoms with E-state index in [4.69, 9.17) is 5.73 Å². The number of aromatic hydroxyl groups is 1. The maximum absolute atomic E-state index is 12.4. The molecule has 120 valence electrons. The molecule has 1 aromatic carbocycles. The lowest BCUT2D eigenvalue weighted by Crippen LogP contribution is -2.50. The molecule has 22 heavy (non-hydrogen) atoms. The molecule has 0 bridgehead atoms. The fourth-order valence-corrected chi connectivity index (χ4v) is 2.49. The fourth-order valence-electron chi connectivity index (χ4n) is 2.49. The van der Waals surface area contributed by atoms with Gasteiger partial charge in [-0.15, -0.1) is 0 Å². The number of rotatable bonds is 4. The molecule has 0 radical (unpaired) electrons. The summed E-state index contributed by atoms with van der Waals surface area (Å²) in [6.07, 6.45) is 1.13. The predicted octanol–water partition coefficient (Wildman–Crippen LogP) is 0.804. The third-order valence-electron chi connectivity index (χ3n) is 3.87. The van der Waals surface area contributed by atoms with Gasteiger partial charge in [0, 0.05) is 38.6 Å². The van der Waals surface area contributed by atoms with Gasteiger partial charge in [-0.25, -0.2) is 0 Å². The predicted molar refractivity (Wildman–Crippen MR) is 83.5 cm³/mol. The molecule has 1 saturated heterocycles. The lowest BCUT2D eigenvalue weighted by atomic mass is 10.1. The number of amides is 2. The van der Waals surface area contributed by atoms with Crippen molar-refractivity contribution in [2.45, 2.75) is 25.8 Å². The molecule has 1 aliphatic heterocycles. The van der Waals surface area contributed by atoms with E-state index < -0.39 is 0 Å². The van der Waals surface area contributed by atoms with Gasteiger partial charge in [-0.1, -0.05) is 12.1 Å². The van der Waals surface area contributed by atoms with Crippen LogP contribution in [0, 0.1) is 0 Å². The number of hydrogen-bond acceptors (Lipinski definition) is 4. The zero-order valence-corrected chi connectivity index (χ0v) is 12.9. The highest BCUT2D eigenvalue weighted by Gasteiger charge is 2.25. The molecule has 1 heterocycles. The van der Waals surface area contributed by atoms with Crippen molar-refractivity contribution in [3.05, 3.63) is 29.8 Å². The number of phenols is 1. The van der Waals surface area contributed by atoms with Gasteiger partial charge < -0.3 is 20.6 Å². The molecule has 0 saturated carbocycles. The second kappa shape index (κ2) is 7.26. The molecule has 1 fully saturated rings. The van der Waals surface area contributed by atoms with Gasteiger partial charge in [-0.2, -0.15) is 0 Å². The van der Waals surface area contributed by atoms with Crippen molar-refractivity contribution in [2.24, 2.45) is 5.73 Å². The van der Waals surface area contributed by atoms with E-state index in [1.165, 1.54) is 6.07 Å². The Labute approximate surface area is 130 Å². The SMILES string of the molecule is CC(N)CCC(=O)N1CCN(C(=O)c2ccccc2O)CC1. The van der Waals surface area contributed by atoms with Gasteiger partial charge in [0.15, 0.2) is 0 Å². The van der Waals surface area contributed by atoms with E-state index in [-0.39, 0.29) is 23.6 Å². The van der Waals surface area contributed by atoms with Crippen LogP contribution in [0.5, 0.6) is 5.75 Å². The third kappa shape index (κ3) is 3.98. The highest BCUT2D eigenvalue weighted by molar-refractivity contribution is 5.97. The van der Waals surface area contributed by atoms with Crippen LogP contribution in [0.2, 0.25) is 0 Å². The van der Waals surface area contributed by atoms with Crippen LogP contribution in [0.15, 0.2) is 24.3 Å². The molecule has 2 amide bonds. The summed E-state index contributed by atoms with van der Waals surface area (Å²) >= 11 is 0. The summed E-state index contributed by atoms with van der Waals surface area (Å²) in [5.41, 5.74) is 5.97. The van der Waals surface area contributed by atoms with Crippen molar-refractivity contribution < 1.29 is 14.7 Å². The molecular weight excluding hydrogens is 282 g/mol. The molecule has 6 heteroatoms. The zero-order chi connectivity index (χ0) is 16.1. The van der Waals surface area contributed by atoms with Crippen LogP contribution in [0.4, 0.5) is 0 Å². The summed E-state index contributed by atoms with van der Waals surface area (Å²) in [5, 5.41) is 9.75. The van der Waals surface area contributed by atoms with E-state index in [1.807, 2.05) is 6.92 Å². The summed E-state index contributed by atoms with van der Waals surface area (Å²) in [6.45, 7) is 3.90. The van der Waals surface area contributed by atoms with E-state index >= 15 is 0 Å². The highest BCUT2D eigenvalue weighted by Crippen LogP contribution is 2.19. The summed E-state index contributed by atoms with van der Waals surface area (Å²) in [6, 6.07) is 6.54. The normalized spacial score (nSPS) is 16.5. The van der Waals surface area contributed by atoms with Crippen molar-refractivity contribution in [1.29, 1.82) is 0 Å².